The molecule has 0 radical (unpaired) electrons. The first-order chi connectivity index (χ1) is 4.48. The largest absolute Gasteiger partial charge is 0.703 e. The first-order valence-electron chi connectivity index (χ1n) is 2.26. The van der Waals surface area contributed by atoms with E-state index in [0.717, 1.165) is 0 Å². The van der Waals surface area contributed by atoms with Gasteiger partial charge in [0.2, 0.25) is 0 Å². The SMILES string of the molecule is O=[P+](O)OP(=O)(O)CCO. The average molecular weight is 189 g/mol. The lowest BCUT2D eigenvalue weighted by Gasteiger charge is -1.97. The van der Waals surface area contributed by atoms with Crippen LogP contribution in [0.3, 0.4) is 0 Å². The first-order valence-corrected chi connectivity index (χ1v) is 5.16. The van der Waals surface area contributed by atoms with Crippen LogP contribution < -0.4 is 0 Å². The van der Waals surface area contributed by atoms with Crippen LogP contribution in [0.4, 0.5) is 0 Å². The lowest BCUT2D eigenvalue weighted by molar-refractivity contribution is 0.298. The van der Waals surface area contributed by atoms with Crippen molar-refractivity contribution in [1.29, 1.82) is 0 Å². The normalized spacial score (nSPS) is 18.1. The number of aliphatic hydroxyl groups excluding tert-OH is 1. The maximum Gasteiger partial charge on any atom is 0.703 e. The minimum atomic E-state index is -4.03. The quantitative estimate of drug-likeness (QED) is 0.530. The van der Waals surface area contributed by atoms with Crippen molar-refractivity contribution in [3.8, 4) is 0 Å². The Morgan fingerprint density at radius 2 is 2.10 bits per heavy atom. The summed E-state index contributed by atoms with van der Waals surface area (Å²) in [6, 6.07) is 0. The van der Waals surface area contributed by atoms with Crippen LogP contribution in [-0.4, -0.2) is 27.7 Å². The number of hydrogen-bond acceptors (Lipinski definition) is 4. The van der Waals surface area contributed by atoms with Gasteiger partial charge in [0.25, 0.3) is 0 Å². The Morgan fingerprint density at radius 1 is 1.60 bits per heavy atom. The zero-order valence-electron chi connectivity index (χ0n) is 4.88. The van der Waals surface area contributed by atoms with Gasteiger partial charge in [-0.25, -0.2) is 0 Å². The van der Waals surface area contributed by atoms with Gasteiger partial charge in [0.1, 0.15) is 0 Å². The summed E-state index contributed by atoms with van der Waals surface area (Å²) in [5.74, 6) is 0. The Morgan fingerprint density at radius 3 is 2.40 bits per heavy atom. The van der Waals surface area contributed by atoms with Crippen molar-refractivity contribution in [1.82, 2.24) is 0 Å². The Kier molecular flexibility index (Phi) is 4.20. The second-order valence-corrected chi connectivity index (χ2v) is 4.26. The topological polar surface area (TPSA) is 104 Å². The minimum absolute atomic E-state index is 0.533. The zero-order valence-corrected chi connectivity index (χ0v) is 6.66. The van der Waals surface area contributed by atoms with Gasteiger partial charge in [-0.2, -0.15) is 0 Å². The molecule has 0 rings (SSSR count). The van der Waals surface area contributed by atoms with Crippen LogP contribution >= 0.6 is 15.9 Å². The fourth-order valence-electron chi connectivity index (χ4n) is 0.276. The van der Waals surface area contributed by atoms with Crippen molar-refractivity contribution in [2.75, 3.05) is 12.8 Å². The summed E-state index contributed by atoms with van der Waals surface area (Å²) in [4.78, 5) is 16.5. The molecular weight excluding hydrogens is 182 g/mol. The van der Waals surface area contributed by atoms with Gasteiger partial charge in [-0.3, -0.25) is 4.57 Å². The zero-order chi connectivity index (χ0) is 8.20. The van der Waals surface area contributed by atoms with E-state index in [1.54, 1.807) is 0 Å². The molecule has 0 heterocycles. The van der Waals surface area contributed by atoms with Gasteiger partial charge in [-0.05, 0) is 4.31 Å². The van der Waals surface area contributed by atoms with Gasteiger partial charge in [-0.15, -0.1) is 4.89 Å². The molecular formula is C2H7O6P2+. The van der Waals surface area contributed by atoms with Gasteiger partial charge in [0, 0.05) is 4.57 Å². The Labute approximate surface area is 57.9 Å². The molecule has 0 aromatic carbocycles. The summed E-state index contributed by atoms with van der Waals surface area (Å²) in [7, 11) is -7.11. The fraction of sp³-hybridized carbons (Fsp3) is 1.00. The van der Waals surface area contributed by atoms with E-state index in [9.17, 15) is 9.13 Å². The molecule has 0 fully saturated rings. The highest BCUT2D eigenvalue weighted by Crippen LogP contribution is 2.48. The summed E-state index contributed by atoms with van der Waals surface area (Å²) in [5, 5.41) is 8.13. The Bertz CT molecular complexity index is 165. The molecule has 0 aromatic heterocycles. The monoisotopic (exact) mass is 189 g/mol. The lowest BCUT2D eigenvalue weighted by atomic mass is 10.9. The molecule has 0 saturated heterocycles. The van der Waals surface area contributed by atoms with E-state index < -0.39 is 28.6 Å². The maximum atomic E-state index is 10.5. The van der Waals surface area contributed by atoms with E-state index in [4.69, 9.17) is 14.9 Å². The summed E-state index contributed by atoms with van der Waals surface area (Å²) in [5.41, 5.74) is 0. The van der Waals surface area contributed by atoms with Crippen molar-refractivity contribution in [2.45, 2.75) is 0 Å². The smallest absolute Gasteiger partial charge is 0.396 e. The molecule has 10 heavy (non-hydrogen) atoms. The number of hydrogen-bond donors (Lipinski definition) is 3. The molecule has 0 aliphatic carbocycles. The van der Waals surface area contributed by atoms with Crippen LogP contribution in [0.25, 0.3) is 0 Å². The van der Waals surface area contributed by atoms with E-state index in [1.807, 2.05) is 0 Å². The highest BCUT2D eigenvalue weighted by Gasteiger charge is 2.31. The third-order valence-corrected chi connectivity index (χ3v) is 2.92. The van der Waals surface area contributed by atoms with Crippen LogP contribution in [0.5, 0.6) is 0 Å². The van der Waals surface area contributed by atoms with Gasteiger partial charge in [-0.1, -0.05) is 0 Å². The molecule has 2 atom stereocenters. The molecule has 0 bridgehead atoms. The predicted molar refractivity (Wildman–Crippen MR) is 32.7 cm³/mol. The second kappa shape index (κ2) is 4.13. The molecule has 2 unspecified atom stereocenters. The van der Waals surface area contributed by atoms with Gasteiger partial charge in [0.05, 0.1) is 12.8 Å². The molecule has 6 nitrogen and oxygen atoms in total. The summed E-state index contributed by atoms with van der Waals surface area (Å²) in [6.45, 7) is -0.559. The number of rotatable bonds is 4. The van der Waals surface area contributed by atoms with Crippen LogP contribution in [0.15, 0.2) is 0 Å². The molecule has 0 saturated carbocycles. The maximum absolute atomic E-state index is 10.5. The van der Waals surface area contributed by atoms with Crippen LogP contribution in [0.2, 0.25) is 0 Å². The third kappa shape index (κ3) is 4.99. The predicted octanol–water partition coefficient (Wildman–Crippen LogP) is -0.170. The molecule has 0 amide bonds. The summed E-state index contributed by atoms with van der Waals surface area (Å²) < 4.78 is 23.9. The molecule has 8 heteroatoms. The highest BCUT2D eigenvalue weighted by molar-refractivity contribution is 7.59. The third-order valence-electron chi connectivity index (χ3n) is 0.580. The molecule has 0 aliphatic heterocycles. The standard InChI is InChI=1S/C2H6O6P2/c3-1-2-10(6,7)8-9(4)5/h3H,1-2H2,(H-,4,5,6,7)/p+1. The van der Waals surface area contributed by atoms with E-state index >= 15 is 0 Å². The van der Waals surface area contributed by atoms with E-state index in [-0.39, 0.29) is 0 Å². The van der Waals surface area contributed by atoms with Gasteiger partial charge in [0.15, 0.2) is 0 Å². The number of aliphatic hydroxyl groups is 1. The first kappa shape index (κ1) is 10.2. The highest BCUT2D eigenvalue weighted by atomic mass is 31.2. The lowest BCUT2D eigenvalue weighted by Crippen LogP contribution is -1.94. The molecule has 0 aromatic rings. The van der Waals surface area contributed by atoms with Crippen LogP contribution in [0, 0.1) is 0 Å². The molecule has 60 valence electrons. The van der Waals surface area contributed by atoms with E-state index in [0.29, 0.717) is 0 Å². The van der Waals surface area contributed by atoms with E-state index in [1.165, 1.54) is 0 Å². The second-order valence-electron chi connectivity index (χ2n) is 1.40. The van der Waals surface area contributed by atoms with Gasteiger partial charge >= 0.3 is 15.9 Å². The molecule has 3 N–H and O–H groups in total. The molecule has 0 aliphatic rings. The summed E-state index contributed by atoms with van der Waals surface area (Å²) in [6.07, 6.45) is -0.533. The van der Waals surface area contributed by atoms with Crippen molar-refractivity contribution in [3.05, 3.63) is 0 Å². The molecule has 0 spiro atoms. The van der Waals surface area contributed by atoms with Crippen molar-refractivity contribution < 1.29 is 28.3 Å². The average Bonchev–Trinajstić information content (AvgIpc) is 1.59. The summed E-state index contributed by atoms with van der Waals surface area (Å²) >= 11 is 0. The Hall–Kier alpha value is 0.170. The van der Waals surface area contributed by atoms with Gasteiger partial charge < -0.3 is 10.00 Å². The van der Waals surface area contributed by atoms with E-state index in [2.05, 4.69) is 4.31 Å². The minimum Gasteiger partial charge on any atom is -0.396 e. The van der Waals surface area contributed by atoms with Crippen LogP contribution in [-0.2, 0) is 13.4 Å². The van der Waals surface area contributed by atoms with Crippen LogP contribution in [0.1, 0.15) is 0 Å². The fourth-order valence-corrected chi connectivity index (χ4v) is 1.73. The van der Waals surface area contributed by atoms with Crippen molar-refractivity contribution in [2.24, 2.45) is 0 Å². The van der Waals surface area contributed by atoms with Crippen molar-refractivity contribution in [3.63, 3.8) is 0 Å². The van der Waals surface area contributed by atoms with Crippen molar-refractivity contribution >= 4 is 15.9 Å². The Balaban J connectivity index is 3.87.